The predicted octanol–water partition coefficient (Wildman–Crippen LogP) is 4.70. The van der Waals surface area contributed by atoms with E-state index in [1.54, 1.807) is 18.3 Å². The van der Waals surface area contributed by atoms with E-state index in [1.165, 1.54) is 11.3 Å². The fraction of sp³-hybridized carbons (Fsp3) is 0.364. The van der Waals surface area contributed by atoms with Gasteiger partial charge in [0, 0.05) is 22.7 Å². The predicted molar refractivity (Wildman–Crippen MR) is 117 cm³/mol. The van der Waals surface area contributed by atoms with Gasteiger partial charge in [0.05, 0.1) is 6.21 Å². The van der Waals surface area contributed by atoms with Crippen molar-refractivity contribution in [3.63, 3.8) is 0 Å². The topological polar surface area (TPSA) is 53.9 Å². The molecule has 1 heterocycles. The third kappa shape index (κ3) is 4.73. The Morgan fingerprint density at radius 3 is 2.75 bits per heavy atom. The van der Waals surface area contributed by atoms with Gasteiger partial charge in [-0.2, -0.15) is 5.10 Å². The second-order valence-electron chi connectivity index (χ2n) is 7.83. The number of nitrogens with one attached hydrogen (secondary N) is 1. The molecule has 1 aliphatic heterocycles. The number of ether oxygens (including phenoxy) is 1. The standard InChI is InChI=1S/C22H26BrN3O2/c1-15-12-22(2,3)26(4)20-10-5-16(11-19(15)20)13-24-25-21(27)14-28-18-8-6-17(23)7-9-18/h5-11,13,15H,12,14H2,1-4H3,(H,25,27)/b24-13-/t15-/m0/s1. The Hall–Kier alpha value is -2.34. The van der Waals surface area contributed by atoms with Crippen LogP contribution in [0.3, 0.4) is 0 Å². The van der Waals surface area contributed by atoms with Crippen LogP contribution in [0.15, 0.2) is 52.0 Å². The molecule has 28 heavy (non-hydrogen) atoms. The molecular weight excluding hydrogens is 418 g/mol. The molecule has 0 bridgehead atoms. The van der Waals surface area contributed by atoms with E-state index < -0.39 is 0 Å². The van der Waals surface area contributed by atoms with Crippen molar-refractivity contribution in [3.8, 4) is 5.75 Å². The van der Waals surface area contributed by atoms with Gasteiger partial charge >= 0.3 is 0 Å². The molecule has 1 N–H and O–H groups in total. The van der Waals surface area contributed by atoms with E-state index in [9.17, 15) is 4.79 Å². The van der Waals surface area contributed by atoms with Gasteiger partial charge in [-0.25, -0.2) is 5.43 Å². The summed E-state index contributed by atoms with van der Waals surface area (Å²) in [7, 11) is 2.14. The number of fused-ring (bicyclic) bond motifs is 1. The van der Waals surface area contributed by atoms with Crippen molar-refractivity contribution in [2.24, 2.45) is 5.10 Å². The summed E-state index contributed by atoms with van der Waals surface area (Å²) in [4.78, 5) is 14.2. The number of hydrazone groups is 1. The summed E-state index contributed by atoms with van der Waals surface area (Å²) in [5.41, 5.74) is 6.19. The summed E-state index contributed by atoms with van der Waals surface area (Å²) >= 11 is 3.36. The molecule has 1 atom stereocenters. The van der Waals surface area contributed by atoms with Gasteiger partial charge in [0.1, 0.15) is 5.75 Å². The van der Waals surface area contributed by atoms with Gasteiger partial charge in [-0.05, 0) is 73.7 Å². The lowest BCUT2D eigenvalue weighted by Gasteiger charge is -2.45. The maximum absolute atomic E-state index is 11.9. The van der Waals surface area contributed by atoms with Gasteiger partial charge in [0.2, 0.25) is 0 Å². The minimum atomic E-state index is -0.299. The van der Waals surface area contributed by atoms with Crippen molar-refractivity contribution in [3.05, 3.63) is 58.1 Å². The van der Waals surface area contributed by atoms with E-state index in [0.717, 1.165) is 16.5 Å². The van der Waals surface area contributed by atoms with E-state index in [-0.39, 0.29) is 18.1 Å². The third-order valence-electron chi connectivity index (χ3n) is 5.24. The van der Waals surface area contributed by atoms with Gasteiger partial charge in [0.15, 0.2) is 6.61 Å². The molecular formula is C22H26BrN3O2. The smallest absolute Gasteiger partial charge is 0.277 e. The Morgan fingerprint density at radius 2 is 2.04 bits per heavy atom. The zero-order chi connectivity index (χ0) is 20.3. The van der Waals surface area contributed by atoms with E-state index in [4.69, 9.17) is 4.74 Å². The summed E-state index contributed by atoms with van der Waals surface area (Å²) in [6.45, 7) is 6.72. The van der Waals surface area contributed by atoms with E-state index >= 15 is 0 Å². The second-order valence-corrected chi connectivity index (χ2v) is 8.75. The highest BCUT2D eigenvalue weighted by molar-refractivity contribution is 9.10. The molecule has 0 saturated heterocycles. The number of hydrogen-bond donors (Lipinski definition) is 1. The summed E-state index contributed by atoms with van der Waals surface area (Å²) in [5, 5.41) is 4.06. The van der Waals surface area contributed by atoms with Gasteiger partial charge in [-0.1, -0.05) is 28.9 Å². The molecule has 1 aliphatic rings. The number of benzene rings is 2. The third-order valence-corrected chi connectivity index (χ3v) is 5.77. The number of hydrogen-bond acceptors (Lipinski definition) is 4. The monoisotopic (exact) mass is 443 g/mol. The Balaban J connectivity index is 1.58. The first kappa shape index (κ1) is 20.4. The molecule has 0 saturated carbocycles. The molecule has 5 nitrogen and oxygen atoms in total. The number of anilines is 1. The fourth-order valence-corrected chi connectivity index (χ4v) is 3.83. The highest BCUT2D eigenvalue weighted by Gasteiger charge is 2.33. The number of amides is 1. The maximum Gasteiger partial charge on any atom is 0.277 e. The lowest BCUT2D eigenvalue weighted by Crippen LogP contribution is -2.45. The first-order valence-corrected chi connectivity index (χ1v) is 10.1. The molecule has 0 unspecified atom stereocenters. The van der Waals surface area contributed by atoms with Gasteiger partial charge in [-0.3, -0.25) is 4.79 Å². The maximum atomic E-state index is 11.9. The summed E-state index contributed by atoms with van der Waals surface area (Å²) in [5.74, 6) is 0.813. The van der Waals surface area contributed by atoms with Crippen molar-refractivity contribution >= 4 is 33.7 Å². The zero-order valence-electron chi connectivity index (χ0n) is 16.7. The zero-order valence-corrected chi connectivity index (χ0v) is 18.3. The number of carbonyl (C=O) groups is 1. The molecule has 0 fully saturated rings. The van der Waals surface area contributed by atoms with Crippen LogP contribution < -0.4 is 15.1 Å². The summed E-state index contributed by atoms with van der Waals surface area (Å²) in [6, 6.07) is 13.6. The molecule has 0 spiro atoms. The van der Waals surface area contributed by atoms with E-state index in [2.05, 4.69) is 71.3 Å². The molecule has 2 aromatic carbocycles. The highest BCUT2D eigenvalue weighted by atomic mass is 79.9. The van der Waals surface area contributed by atoms with Crippen LogP contribution in [0.2, 0.25) is 0 Å². The Morgan fingerprint density at radius 1 is 1.32 bits per heavy atom. The van der Waals surface area contributed by atoms with Gasteiger partial charge in [-0.15, -0.1) is 0 Å². The van der Waals surface area contributed by atoms with Crippen molar-refractivity contribution in [2.75, 3.05) is 18.6 Å². The van der Waals surface area contributed by atoms with Crippen LogP contribution in [0.1, 0.15) is 44.2 Å². The van der Waals surface area contributed by atoms with Crippen LogP contribution >= 0.6 is 15.9 Å². The van der Waals surface area contributed by atoms with Crippen molar-refractivity contribution in [1.82, 2.24) is 5.43 Å². The molecule has 0 aromatic heterocycles. The molecule has 0 aliphatic carbocycles. The van der Waals surface area contributed by atoms with Gasteiger partial charge in [0.25, 0.3) is 5.91 Å². The number of nitrogens with zero attached hydrogens (tertiary/aromatic N) is 2. The minimum Gasteiger partial charge on any atom is -0.484 e. The van der Waals surface area contributed by atoms with Crippen molar-refractivity contribution < 1.29 is 9.53 Å². The molecule has 3 rings (SSSR count). The Bertz CT molecular complexity index is 878. The van der Waals surface area contributed by atoms with Crippen molar-refractivity contribution in [2.45, 2.75) is 38.6 Å². The Labute approximate surface area is 174 Å². The molecule has 2 aromatic rings. The summed E-state index contributed by atoms with van der Waals surface area (Å²) in [6.07, 6.45) is 2.77. The second kappa shape index (κ2) is 8.35. The van der Waals surface area contributed by atoms with Crippen LogP contribution in [0.25, 0.3) is 0 Å². The van der Waals surface area contributed by atoms with E-state index in [0.29, 0.717) is 11.7 Å². The highest BCUT2D eigenvalue weighted by Crippen LogP contribution is 2.42. The molecule has 6 heteroatoms. The average Bonchev–Trinajstić information content (AvgIpc) is 2.65. The number of carbonyl (C=O) groups excluding carboxylic acids is 1. The first-order valence-electron chi connectivity index (χ1n) is 9.34. The molecule has 0 radical (unpaired) electrons. The molecule has 148 valence electrons. The lowest BCUT2D eigenvalue weighted by molar-refractivity contribution is -0.123. The largest absolute Gasteiger partial charge is 0.484 e. The van der Waals surface area contributed by atoms with Crippen LogP contribution in [0.4, 0.5) is 5.69 Å². The van der Waals surface area contributed by atoms with Gasteiger partial charge < -0.3 is 9.64 Å². The fourth-order valence-electron chi connectivity index (χ4n) is 3.57. The lowest BCUT2D eigenvalue weighted by atomic mass is 9.80. The number of halogens is 1. The van der Waals surface area contributed by atoms with E-state index in [1.807, 2.05) is 18.2 Å². The first-order chi connectivity index (χ1) is 13.3. The van der Waals surface area contributed by atoms with Crippen LogP contribution in [-0.2, 0) is 4.79 Å². The number of rotatable bonds is 5. The SMILES string of the molecule is C[C@H]1CC(C)(C)N(C)c2ccc(/C=N\NC(=O)COc3ccc(Br)cc3)cc21. The minimum absolute atomic E-state index is 0.0833. The van der Waals surface area contributed by atoms with Crippen LogP contribution in [0, 0.1) is 0 Å². The Kier molecular flexibility index (Phi) is 6.08. The summed E-state index contributed by atoms with van der Waals surface area (Å²) < 4.78 is 6.39. The van der Waals surface area contributed by atoms with Crippen molar-refractivity contribution in [1.29, 1.82) is 0 Å². The van der Waals surface area contributed by atoms with Crippen LogP contribution in [-0.4, -0.2) is 31.3 Å². The average molecular weight is 444 g/mol. The molecule has 1 amide bonds. The van der Waals surface area contributed by atoms with Crippen LogP contribution in [0.5, 0.6) is 5.75 Å². The quantitative estimate of drug-likeness (QED) is 0.537. The normalized spacial score (nSPS) is 18.0.